The number of carbonyl (C=O) groups is 2. The van der Waals surface area contributed by atoms with Crippen LogP contribution >= 0.6 is 0 Å². The highest BCUT2D eigenvalue weighted by Crippen LogP contribution is 2.03. The molecule has 0 rings (SSSR count). The van der Waals surface area contributed by atoms with E-state index < -0.39 is 5.54 Å². The van der Waals surface area contributed by atoms with Crippen LogP contribution in [0.25, 0.3) is 0 Å². The first-order chi connectivity index (χ1) is 6.44. The number of nitrogens with one attached hydrogen (secondary N) is 2. The van der Waals surface area contributed by atoms with E-state index in [-0.39, 0.29) is 18.4 Å². The Kier molecular flexibility index (Phi) is 5.15. The molecule has 0 radical (unpaired) electrons. The molecule has 0 aliphatic rings. The van der Waals surface area contributed by atoms with Gasteiger partial charge in [-0.05, 0) is 20.3 Å². The molecule has 14 heavy (non-hydrogen) atoms. The van der Waals surface area contributed by atoms with Gasteiger partial charge >= 0.3 is 0 Å². The van der Waals surface area contributed by atoms with Crippen molar-refractivity contribution in [3.8, 4) is 0 Å². The van der Waals surface area contributed by atoms with E-state index in [1.54, 1.807) is 6.92 Å². The van der Waals surface area contributed by atoms with Crippen LogP contribution in [0, 0.1) is 0 Å². The van der Waals surface area contributed by atoms with Crippen LogP contribution in [0.15, 0.2) is 0 Å². The fraction of sp³-hybridized carbons (Fsp3) is 0.778. The molecule has 1 atom stereocenters. The second-order valence-corrected chi connectivity index (χ2v) is 3.41. The molecule has 82 valence electrons. The van der Waals surface area contributed by atoms with Crippen LogP contribution in [0.1, 0.15) is 27.2 Å². The molecule has 0 aromatic rings. The topological polar surface area (TPSA) is 84.2 Å². The number of nitrogens with two attached hydrogens (primary N) is 1. The van der Waals surface area contributed by atoms with E-state index in [1.165, 1.54) is 0 Å². The Bertz CT molecular complexity index is 214. The Balaban J connectivity index is 3.91. The molecule has 0 aliphatic carbocycles. The van der Waals surface area contributed by atoms with Gasteiger partial charge in [-0.3, -0.25) is 9.59 Å². The molecule has 0 bridgehead atoms. The Morgan fingerprint density at radius 3 is 2.29 bits per heavy atom. The van der Waals surface area contributed by atoms with Gasteiger partial charge in [0.05, 0.1) is 12.1 Å². The molecule has 0 saturated heterocycles. The van der Waals surface area contributed by atoms with Crippen molar-refractivity contribution in [1.29, 1.82) is 0 Å². The van der Waals surface area contributed by atoms with E-state index in [0.717, 1.165) is 0 Å². The molecule has 4 N–H and O–H groups in total. The van der Waals surface area contributed by atoms with Crippen LogP contribution in [-0.4, -0.2) is 30.4 Å². The lowest BCUT2D eigenvalue weighted by Gasteiger charge is -2.21. The van der Waals surface area contributed by atoms with Crippen LogP contribution < -0.4 is 16.4 Å². The molecular weight excluding hydrogens is 182 g/mol. The standard InChI is InChI=1S/C9H19N3O2/c1-4-9(3,10)8(14)12-6-7(13)11-5-2/h4-6,10H2,1-3H3,(H,11,13)(H,12,14). The lowest BCUT2D eigenvalue weighted by molar-refractivity contribution is -0.129. The maximum absolute atomic E-state index is 11.4. The van der Waals surface area contributed by atoms with Crippen molar-refractivity contribution >= 4 is 11.8 Å². The fourth-order valence-electron chi connectivity index (χ4n) is 0.783. The Morgan fingerprint density at radius 2 is 1.86 bits per heavy atom. The summed E-state index contributed by atoms with van der Waals surface area (Å²) in [4.78, 5) is 22.4. The SMILES string of the molecule is CCNC(=O)CNC(=O)C(C)(N)CC. The molecule has 0 heterocycles. The van der Waals surface area contributed by atoms with E-state index in [4.69, 9.17) is 5.73 Å². The zero-order valence-corrected chi connectivity index (χ0v) is 9.02. The van der Waals surface area contributed by atoms with Crippen LogP contribution in [0.2, 0.25) is 0 Å². The highest BCUT2D eigenvalue weighted by Gasteiger charge is 2.25. The quantitative estimate of drug-likeness (QED) is 0.553. The highest BCUT2D eigenvalue weighted by molar-refractivity contribution is 5.89. The van der Waals surface area contributed by atoms with Crippen molar-refractivity contribution in [2.24, 2.45) is 5.73 Å². The minimum atomic E-state index is -0.896. The summed E-state index contributed by atoms with van der Waals surface area (Å²) >= 11 is 0. The van der Waals surface area contributed by atoms with E-state index in [2.05, 4.69) is 10.6 Å². The molecule has 0 spiro atoms. The molecule has 5 nitrogen and oxygen atoms in total. The van der Waals surface area contributed by atoms with Gasteiger partial charge in [0.2, 0.25) is 11.8 Å². The highest BCUT2D eigenvalue weighted by atomic mass is 16.2. The first-order valence-electron chi connectivity index (χ1n) is 4.78. The lowest BCUT2D eigenvalue weighted by atomic mass is 10.00. The molecule has 0 fully saturated rings. The summed E-state index contributed by atoms with van der Waals surface area (Å²) in [6, 6.07) is 0. The Labute approximate surface area is 84.4 Å². The number of carbonyl (C=O) groups excluding carboxylic acids is 2. The predicted molar refractivity (Wildman–Crippen MR) is 54.6 cm³/mol. The van der Waals surface area contributed by atoms with Gasteiger partial charge in [-0.25, -0.2) is 0 Å². The molecule has 0 saturated carbocycles. The van der Waals surface area contributed by atoms with Crippen molar-refractivity contribution in [2.45, 2.75) is 32.7 Å². The molecule has 0 aliphatic heterocycles. The first-order valence-corrected chi connectivity index (χ1v) is 4.78. The van der Waals surface area contributed by atoms with E-state index in [9.17, 15) is 9.59 Å². The van der Waals surface area contributed by atoms with Crippen molar-refractivity contribution in [3.05, 3.63) is 0 Å². The number of rotatable bonds is 5. The third-order valence-electron chi connectivity index (χ3n) is 2.04. The van der Waals surface area contributed by atoms with Crippen LogP contribution in [0.4, 0.5) is 0 Å². The summed E-state index contributed by atoms with van der Waals surface area (Å²) in [6.07, 6.45) is 0.536. The molecule has 0 aromatic carbocycles. The van der Waals surface area contributed by atoms with Crippen molar-refractivity contribution in [1.82, 2.24) is 10.6 Å². The number of hydrogen-bond donors (Lipinski definition) is 3. The molecule has 5 heteroatoms. The zero-order chi connectivity index (χ0) is 11.2. The van der Waals surface area contributed by atoms with Gasteiger partial charge in [-0.2, -0.15) is 0 Å². The Morgan fingerprint density at radius 1 is 1.29 bits per heavy atom. The summed E-state index contributed by atoms with van der Waals surface area (Å²) in [7, 11) is 0. The number of likely N-dealkylation sites (N-methyl/N-ethyl adjacent to an activating group) is 1. The maximum Gasteiger partial charge on any atom is 0.240 e. The normalized spacial score (nSPS) is 14.3. The fourth-order valence-corrected chi connectivity index (χ4v) is 0.783. The van der Waals surface area contributed by atoms with Crippen LogP contribution in [0.3, 0.4) is 0 Å². The molecule has 2 amide bonds. The van der Waals surface area contributed by atoms with E-state index in [0.29, 0.717) is 13.0 Å². The minimum Gasteiger partial charge on any atom is -0.355 e. The van der Waals surface area contributed by atoms with Crippen molar-refractivity contribution < 1.29 is 9.59 Å². The largest absolute Gasteiger partial charge is 0.355 e. The average Bonchev–Trinajstić information content (AvgIpc) is 2.14. The smallest absolute Gasteiger partial charge is 0.240 e. The van der Waals surface area contributed by atoms with E-state index >= 15 is 0 Å². The second-order valence-electron chi connectivity index (χ2n) is 3.41. The molecular formula is C9H19N3O2. The van der Waals surface area contributed by atoms with Crippen LogP contribution in [0.5, 0.6) is 0 Å². The number of amides is 2. The minimum absolute atomic E-state index is 0.0144. The Hall–Kier alpha value is -1.10. The third-order valence-corrected chi connectivity index (χ3v) is 2.04. The monoisotopic (exact) mass is 201 g/mol. The molecule has 1 unspecified atom stereocenters. The van der Waals surface area contributed by atoms with E-state index in [1.807, 2.05) is 13.8 Å². The maximum atomic E-state index is 11.4. The average molecular weight is 201 g/mol. The van der Waals surface area contributed by atoms with Crippen molar-refractivity contribution in [3.63, 3.8) is 0 Å². The molecule has 0 aromatic heterocycles. The third kappa shape index (κ3) is 4.23. The zero-order valence-electron chi connectivity index (χ0n) is 9.02. The van der Waals surface area contributed by atoms with Gasteiger partial charge in [0.1, 0.15) is 0 Å². The van der Waals surface area contributed by atoms with Gasteiger partial charge in [0.25, 0.3) is 0 Å². The lowest BCUT2D eigenvalue weighted by Crippen LogP contribution is -2.53. The van der Waals surface area contributed by atoms with Crippen molar-refractivity contribution in [2.75, 3.05) is 13.1 Å². The van der Waals surface area contributed by atoms with Gasteiger partial charge in [0.15, 0.2) is 0 Å². The summed E-state index contributed by atoms with van der Waals surface area (Å²) in [6.45, 7) is 5.83. The summed E-state index contributed by atoms with van der Waals surface area (Å²) in [5.74, 6) is -0.501. The van der Waals surface area contributed by atoms with Gasteiger partial charge < -0.3 is 16.4 Å². The summed E-state index contributed by atoms with van der Waals surface area (Å²) in [5.41, 5.74) is 4.78. The summed E-state index contributed by atoms with van der Waals surface area (Å²) in [5, 5.41) is 5.06. The summed E-state index contributed by atoms with van der Waals surface area (Å²) < 4.78 is 0. The second kappa shape index (κ2) is 5.59. The number of hydrogen-bond acceptors (Lipinski definition) is 3. The first kappa shape index (κ1) is 12.9. The van der Waals surface area contributed by atoms with Gasteiger partial charge in [0, 0.05) is 6.54 Å². The van der Waals surface area contributed by atoms with Gasteiger partial charge in [-0.1, -0.05) is 6.92 Å². The predicted octanol–water partition coefficient (Wildman–Crippen LogP) is -0.634. The van der Waals surface area contributed by atoms with Crippen LogP contribution in [-0.2, 0) is 9.59 Å². The van der Waals surface area contributed by atoms with Gasteiger partial charge in [-0.15, -0.1) is 0 Å².